The zero-order chi connectivity index (χ0) is 17.5. The van der Waals surface area contributed by atoms with Crippen molar-refractivity contribution in [1.82, 2.24) is 10.0 Å². The van der Waals surface area contributed by atoms with E-state index in [1.165, 1.54) is 10.0 Å². The third-order valence-corrected chi connectivity index (χ3v) is 4.84. The van der Waals surface area contributed by atoms with Crippen molar-refractivity contribution in [3.8, 4) is 0 Å². The molecule has 2 heterocycles. The standard InChI is InChI=1S/C18H24N2O4/c1-4-13-10-12(3)11-14(5-2)15(13)18(23)16(21)19-6-8-24-9-7-20(19)17(18)22/h10-11,23H,4-9H2,1-3H3. The van der Waals surface area contributed by atoms with Gasteiger partial charge in [-0.2, -0.15) is 0 Å². The third-order valence-electron chi connectivity index (χ3n) is 4.84. The first-order chi connectivity index (χ1) is 11.4. The molecule has 1 aromatic rings. The number of aliphatic hydroxyl groups is 1. The lowest BCUT2D eigenvalue weighted by Crippen LogP contribution is -2.43. The molecular formula is C18H24N2O4. The number of hydrogen-bond acceptors (Lipinski definition) is 4. The van der Waals surface area contributed by atoms with E-state index < -0.39 is 17.4 Å². The van der Waals surface area contributed by atoms with Gasteiger partial charge in [0.2, 0.25) is 0 Å². The van der Waals surface area contributed by atoms with Gasteiger partial charge in [0.1, 0.15) is 0 Å². The number of aryl methyl sites for hydroxylation is 3. The highest BCUT2D eigenvalue weighted by molar-refractivity contribution is 6.13. The molecule has 0 unspecified atom stereocenters. The Labute approximate surface area is 142 Å². The summed E-state index contributed by atoms with van der Waals surface area (Å²) in [5.74, 6) is -1.13. The van der Waals surface area contributed by atoms with E-state index in [9.17, 15) is 14.7 Å². The van der Waals surface area contributed by atoms with E-state index in [1.807, 2.05) is 32.9 Å². The van der Waals surface area contributed by atoms with Crippen molar-refractivity contribution in [3.63, 3.8) is 0 Å². The van der Waals surface area contributed by atoms with Gasteiger partial charge in [0.05, 0.1) is 26.3 Å². The van der Waals surface area contributed by atoms with E-state index in [0.717, 1.165) is 16.7 Å². The molecule has 3 rings (SSSR count). The molecule has 0 spiro atoms. The Morgan fingerprint density at radius 3 is 1.92 bits per heavy atom. The monoisotopic (exact) mass is 332 g/mol. The van der Waals surface area contributed by atoms with Crippen molar-refractivity contribution in [2.75, 3.05) is 26.3 Å². The predicted octanol–water partition coefficient (Wildman–Crippen LogP) is 0.923. The molecule has 1 aromatic carbocycles. The first-order valence-corrected chi connectivity index (χ1v) is 8.51. The quantitative estimate of drug-likeness (QED) is 0.836. The number of carbonyl (C=O) groups excluding carboxylic acids is 2. The molecule has 0 bridgehead atoms. The molecule has 2 amide bonds. The summed E-state index contributed by atoms with van der Waals surface area (Å²) in [4.78, 5) is 26.0. The van der Waals surface area contributed by atoms with Crippen LogP contribution in [0.4, 0.5) is 0 Å². The maximum Gasteiger partial charge on any atom is 0.287 e. The van der Waals surface area contributed by atoms with Crippen LogP contribution in [0.3, 0.4) is 0 Å². The SMILES string of the molecule is CCc1cc(C)cc(CC)c1C1(O)C(=O)N2CCOCCN2C1=O. The average molecular weight is 332 g/mol. The average Bonchev–Trinajstić information content (AvgIpc) is 2.77. The molecule has 0 radical (unpaired) electrons. The van der Waals surface area contributed by atoms with E-state index in [-0.39, 0.29) is 13.1 Å². The topological polar surface area (TPSA) is 70.1 Å². The number of rotatable bonds is 3. The van der Waals surface area contributed by atoms with Crippen LogP contribution in [-0.4, -0.2) is 53.2 Å². The second-order valence-corrected chi connectivity index (χ2v) is 6.34. The smallest absolute Gasteiger partial charge is 0.287 e. The lowest BCUT2D eigenvalue weighted by Gasteiger charge is -2.25. The number of nitrogens with zero attached hydrogens (tertiary/aromatic N) is 2. The molecule has 2 aliphatic rings. The van der Waals surface area contributed by atoms with Crippen molar-refractivity contribution in [1.29, 1.82) is 0 Å². The molecule has 0 atom stereocenters. The van der Waals surface area contributed by atoms with Crippen LogP contribution in [-0.2, 0) is 32.8 Å². The van der Waals surface area contributed by atoms with Crippen LogP contribution in [0.25, 0.3) is 0 Å². The van der Waals surface area contributed by atoms with Crippen LogP contribution in [0.1, 0.15) is 36.1 Å². The van der Waals surface area contributed by atoms with Gasteiger partial charge in [0.15, 0.2) is 0 Å². The van der Waals surface area contributed by atoms with Crippen molar-refractivity contribution in [2.45, 2.75) is 39.2 Å². The second kappa shape index (κ2) is 6.18. The molecule has 2 fully saturated rings. The maximum atomic E-state index is 13.0. The number of ether oxygens (including phenoxy) is 1. The number of carbonyl (C=O) groups is 2. The fourth-order valence-corrected chi connectivity index (χ4v) is 3.71. The zero-order valence-corrected chi connectivity index (χ0v) is 14.5. The Morgan fingerprint density at radius 2 is 1.50 bits per heavy atom. The number of hydrogen-bond donors (Lipinski definition) is 1. The number of amides is 2. The molecule has 6 heteroatoms. The summed E-state index contributed by atoms with van der Waals surface area (Å²) >= 11 is 0. The maximum absolute atomic E-state index is 13.0. The summed E-state index contributed by atoms with van der Waals surface area (Å²) in [7, 11) is 0. The fourth-order valence-electron chi connectivity index (χ4n) is 3.71. The molecule has 6 nitrogen and oxygen atoms in total. The van der Waals surface area contributed by atoms with Crippen molar-refractivity contribution >= 4 is 11.8 Å². The molecule has 130 valence electrons. The Bertz CT molecular complexity index is 637. The lowest BCUT2D eigenvalue weighted by molar-refractivity contribution is -0.150. The molecule has 0 aromatic heterocycles. The molecular weight excluding hydrogens is 308 g/mol. The molecule has 1 N–H and O–H groups in total. The molecule has 24 heavy (non-hydrogen) atoms. The van der Waals surface area contributed by atoms with Crippen LogP contribution >= 0.6 is 0 Å². The highest BCUT2D eigenvalue weighted by atomic mass is 16.5. The molecule has 2 saturated heterocycles. The van der Waals surface area contributed by atoms with Gasteiger partial charge in [-0.25, -0.2) is 10.0 Å². The summed E-state index contributed by atoms with van der Waals surface area (Å²) in [5, 5.41) is 14.0. The summed E-state index contributed by atoms with van der Waals surface area (Å²) in [6.45, 7) is 7.21. The van der Waals surface area contributed by atoms with Crippen LogP contribution in [0.5, 0.6) is 0 Å². The third kappa shape index (κ3) is 2.32. The molecule has 0 aliphatic carbocycles. The van der Waals surface area contributed by atoms with Crippen molar-refractivity contribution in [2.24, 2.45) is 0 Å². The van der Waals surface area contributed by atoms with E-state index in [2.05, 4.69) is 0 Å². The van der Waals surface area contributed by atoms with Crippen molar-refractivity contribution in [3.05, 3.63) is 34.4 Å². The van der Waals surface area contributed by atoms with Crippen LogP contribution in [0.15, 0.2) is 12.1 Å². The van der Waals surface area contributed by atoms with Gasteiger partial charge in [-0.1, -0.05) is 31.5 Å². The number of hydrazine groups is 1. The van der Waals surface area contributed by atoms with Crippen LogP contribution in [0, 0.1) is 6.92 Å². The Balaban J connectivity index is 2.18. The van der Waals surface area contributed by atoms with E-state index in [1.54, 1.807) is 0 Å². The Morgan fingerprint density at radius 1 is 1.04 bits per heavy atom. The number of benzene rings is 1. The van der Waals surface area contributed by atoms with E-state index in [4.69, 9.17) is 4.74 Å². The van der Waals surface area contributed by atoms with Crippen molar-refractivity contribution < 1.29 is 19.4 Å². The first-order valence-electron chi connectivity index (χ1n) is 8.51. The predicted molar refractivity (Wildman–Crippen MR) is 88.1 cm³/mol. The van der Waals surface area contributed by atoms with Gasteiger partial charge in [0, 0.05) is 5.56 Å². The lowest BCUT2D eigenvalue weighted by atomic mass is 9.82. The summed E-state index contributed by atoms with van der Waals surface area (Å²) in [6.07, 6.45) is 1.30. The van der Waals surface area contributed by atoms with Gasteiger partial charge in [-0.05, 0) is 30.9 Å². The van der Waals surface area contributed by atoms with Crippen LogP contribution in [0.2, 0.25) is 0 Å². The minimum absolute atomic E-state index is 0.279. The Hall–Kier alpha value is -1.92. The minimum atomic E-state index is -2.12. The highest BCUT2D eigenvalue weighted by Gasteiger charge is 2.60. The minimum Gasteiger partial charge on any atom is -0.378 e. The Kier molecular flexibility index (Phi) is 4.36. The molecule has 2 aliphatic heterocycles. The largest absolute Gasteiger partial charge is 0.378 e. The van der Waals surface area contributed by atoms with E-state index in [0.29, 0.717) is 31.6 Å². The summed E-state index contributed by atoms with van der Waals surface area (Å²) in [6, 6.07) is 3.91. The first kappa shape index (κ1) is 16.9. The zero-order valence-electron chi connectivity index (χ0n) is 14.5. The van der Waals surface area contributed by atoms with Crippen LogP contribution < -0.4 is 0 Å². The number of fused-ring (bicyclic) bond motifs is 1. The highest BCUT2D eigenvalue weighted by Crippen LogP contribution is 2.38. The second-order valence-electron chi connectivity index (χ2n) is 6.34. The normalized spacial score (nSPS) is 20.3. The van der Waals surface area contributed by atoms with Gasteiger partial charge in [-0.15, -0.1) is 0 Å². The van der Waals surface area contributed by atoms with E-state index >= 15 is 0 Å². The summed E-state index contributed by atoms with van der Waals surface area (Å²) in [5.41, 5.74) is 1.12. The van der Waals surface area contributed by atoms with Gasteiger partial charge >= 0.3 is 0 Å². The van der Waals surface area contributed by atoms with Gasteiger partial charge in [0.25, 0.3) is 17.4 Å². The fraction of sp³-hybridized carbons (Fsp3) is 0.556. The molecule has 0 saturated carbocycles. The van der Waals surface area contributed by atoms with Gasteiger partial charge < -0.3 is 9.84 Å². The van der Waals surface area contributed by atoms with Gasteiger partial charge in [-0.3, -0.25) is 9.59 Å². The summed E-state index contributed by atoms with van der Waals surface area (Å²) < 4.78 is 5.34.